The SMILES string of the molecule is C[C@H](NC(=O)Cn1c(=O)ccn(Cc2ccccc2)c1=O)C12CC3CC(CC(C3)C1)C2. The highest BCUT2D eigenvalue weighted by atomic mass is 16.2. The summed E-state index contributed by atoms with van der Waals surface area (Å²) in [5, 5.41) is 3.16. The molecule has 4 fully saturated rings. The highest BCUT2D eigenvalue weighted by Crippen LogP contribution is 2.61. The molecule has 6 heteroatoms. The van der Waals surface area contributed by atoms with Crippen LogP contribution >= 0.6 is 0 Å². The monoisotopic (exact) mass is 421 g/mol. The minimum atomic E-state index is -0.450. The molecule has 4 saturated carbocycles. The minimum absolute atomic E-state index is 0.0689. The Morgan fingerprint density at radius 1 is 1.03 bits per heavy atom. The Morgan fingerprint density at radius 2 is 1.65 bits per heavy atom. The normalized spacial score (nSPS) is 29.6. The van der Waals surface area contributed by atoms with Gasteiger partial charge in [-0.15, -0.1) is 0 Å². The van der Waals surface area contributed by atoms with E-state index in [1.165, 1.54) is 55.4 Å². The van der Waals surface area contributed by atoms with Gasteiger partial charge < -0.3 is 5.32 Å². The van der Waals surface area contributed by atoms with Crippen LogP contribution in [0.3, 0.4) is 0 Å². The van der Waals surface area contributed by atoms with Gasteiger partial charge in [0.1, 0.15) is 6.54 Å². The number of aromatic nitrogens is 2. The molecule has 4 aliphatic carbocycles. The van der Waals surface area contributed by atoms with Crippen LogP contribution in [-0.2, 0) is 17.9 Å². The lowest BCUT2D eigenvalue weighted by atomic mass is 9.48. The number of nitrogens with one attached hydrogen (secondary N) is 1. The molecule has 164 valence electrons. The second kappa shape index (κ2) is 7.81. The molecule has 0 unspecified atom stereocenters. The van der Waals surface area contributed by atoms with E-state index in [-0.39, 0.29) is 23.9 Å². The number of carbonyl (C=O) groups excluding carboxylic acids is 1. The molecule has 4 aliphatic rings. The summed E-state index contributed by atoms with van der Waals surface area (Å²) in [4.78, 5) is 38.1. The summed E-state index contributed by atoms with van der Waals surface area (Å²) in [5.74, 6) is 2.19. The predicted molar refractivity (Wildman–Crippen MR) is 119 cm³/mol. The molecular formula is C25H31N3O3. The zero-order valence-corrected chi connectivity index (χ0v) is 18.1. The maximum Gasteiger partial charge on any atom is 0.331 e. The van der Waals surface area contributed by atoms with E-state index in [4.69, 9.17) is 0 Å². The van der Waals surface area contributed by atoms with Crippen LogP contribution in [-0.4, -0.2) is 21.1 Å². The van der Waals surface area contributed by atoms with Crippen molar-refractivity contribution >= 4 is 5.91 Å². The highest BCUT2D eigenvalue weighted by molar-refractivity contribution is 5.76. The van der Waals surface area contributed by atoms with E-state index in [0.29, 0.717) is 6.54 Å². The van der Waals surface area contributed by atoms with Crippen LogP contribution in [0.2, 0.25) is 0 Å². The minimum Gasteiger partial charge on any atom is -0.352 e. The van der Waals surface area contributed by atoms with Gasteiger partial charge in [-0.25, -0.2) is 4.79 Å². The number of amides is 1. The Balaban J connectivity index is 1.30. The predicted octanol–water partition coefficient (Wildman–Crippen LogP) is 2.78. The second-order valence-corrected chi connectivity index (χ2v) is 10.2. The van der Waals surface area contributed by atoms with Crippen LogP contribution in [0.15, 0.2) is 52.2 Å². The third-order valence-electron chi connectivity index (χ3n) is 8.02. The molecule has 0 saturated heterocycles. The summed E-state index contributed by atoms with van der Waals surface area (Å²) in [6.45, 7) is 2.25. The number of carbonyl (C=O) groups is 1. The van der Waals surface area contributed by atoms with Crippen LogP contribution in [0.5, 0.6) is 0 Å². The maximum absolute atomic E-state index is 12.9. The molecule has 1 aromatic carbocycles. The summed E-state index contributed by atoms with van der Waals surface area (Å²) in [6, 6.07) is 11.0. The first-order valence-electron chi connectivity index (χ1n) is 11.6. The van der Waals surface area contributed by atoms with Crippen molar-refractivity contribution in [2.45, 2.75) is 64.6 Å². The number of hydrogen-bond donors (Lipinski definition) is 1. The third-order valence-corrected chi connectivity index (χ3v) is 8.02. The van der Waals surface area contributed by atoms with Crippen LogP contribution < -0.4 is 16.6 Å². The first-order chi connectivity index (χ1) is 14.9. The molecule has 1 amide bonds. The van der Waals surface area contributed by atoms with Gasteiger partial charge in [0.15, 0.2) is 0 Å². The smallest absolute Gasteiger partial charge is 0.331 e. The van der Waals surface area contributed by atoms with Gasteiger partial charge in [0.2, 0.25) is 5.91 Å². The van der Waals surface area contributed by atoms with Gasteiger partial charge >= 0.3 is 5.69 Å². The lowest BCUT2D eigenvalue weighted by Crippen LogP contribution is -2.56. The van der Waals surface area contributed by atoms with Crippen LogP contribution in [0.1, 0.15) is 51.0 Å². The summed E-state index contributed by atoms with van der Waals surface area (Å²) < 4.78 is 2.52. The molecule has 1 N–H and O–H groups in total. The summed E-state index contributed by atoms with van der Waals surface area (Å²) >= 11 is 0. The van der Waals surface area contributed by atoms with Crippen molar-refractivity contribution in [3.8, 4) is 0 Å². The fourth-order valence-electron chi connectivity index (χ4n) is 6.89. The topological polar surface area (TPSA) is 73.1 Å². The van der Waals surface area contributed by atoms with Crippen molar-refractivity contribution < 1.29 is 4.79 Å². The average Bonchev–Trinajstić information content (AvgIpc) is 2.73. The van der Waals surface area contributed by atoms with Gasteiger partial charge in [-0.3, -0.25) is 18.7 Å². The number of benzene rings is 1. The van der Waals surface area contributed by atoms with Crippen molar-refractivity contribution in [2.75, 3.05) is 0 Å². The zero-order valence-electron chi connectivity index (χ0n) is 18.1. The van der Waals surface area contributed by atoms with E-state index in [0.717, 1.165) is 27.9 Å². The summed E-state index contributed by atoms with van der Waals surface area (Å²) in [5.41, 5.74) is 0.273. The van der Waals surface area contributed by atoms with E-state index < -0.39 is 11.2 Å². The van der Waals surface area contributed by atoms with Gasteiger partial charge in [-0.2, -0.15) is 0 Å². The Labute approximate surface area is 182 Å². The van der Waals surface area contributed by atoms with Crippen molar-refractivity contribution in [3.05, 3.63) is 69.0 Å². The van der Waals surface area contributed by atoms with Crippen molar-refractivity contribution in [2.24, 2.45) is 23.2 Å². The molecule has 6 rings (SSSR count). The molecule has 2 aromatic rings. The fourth-order valence-corrected chi connectivity index (χ4v) is 6.89. The van der Waals surface area contributed by atoms with Crippen molar-refractivity contribution in [1.29, 1.82) is 0 Å². The number of rotatable bonds is 6. The molecular weight excluding hydrogens is 390 g/mol. The van der Waals surface area contributed by atoms with Gasteiger partial charge in [0.05, 0.1) is 6.54 Å². The van der Waals surface area contributed by atoms with Gasteiger partial charge in [-0.05, 0) is 74.2 Å². The first-order valence-corrected chi connectivity index (χ1v) is 11.6. The van der Waals surface area contributed by atoms with E-state index in [9.17, 15) is 14.4 Å². The molecule has 0 spiro atoms. The van der Waals surface area contributed by atoms with E-state index in [1.807, 2.05) is 30.3 Å². The second-order valence-electron chi connectivity index (χ2n) is 10.2. The van der Waals surface area contributed by atoms with Crippen LogP contribution in [0.4, 0.5) is 0 Å². The number of hydrogen-bond acceptors (Lipinski definition) is 3. The molecule has 6 nitrogen and oxygen atoms in total. The molecule has 1 aromatic heterocycles. The fraction of sp³-hybridized carbons (Fsp3) is 0.560. The Bertz CT molecular complexity index is 1050. The Hall–Kier alpha value is -2.63. The molecule has 0 aliphatic heterocycles. The largest absolute Gasteiger partial charge is 0.352 e. The number of nitrogens with zero attached hydrogens (tertiary/aromatic N) is 2. The van der Waals surface area contributed by atoms with E-state index in [1.54, 1.807) is 0 Å². The molecule has 4 bridgehead atoms. The standard InChI is InChI=1S/C25H31N3O3/c1-17(25-12-19-9-20(13-25)11-21(10-19)14-25)26-22(29)16-28-23(30)7-8-27(24(28)31)15-18-5-3-2-4-6-18/h2-8,17,19-21H,9-16H2,1H3,(H,26,29)/t17-,19?,20?,21?,25?/m0/s1. The molecule has 1 heterocycles. The van der Waals surface area contributed by atoms with Crippen molar-refractivity contribution in [1.82, 2.24) is 14.5 Å². The third kappa shape index (κ3) is 3.88. The van der Waals surface area contributed by atoms with E-state index >= 15 is 0 Å². The molecule has 0 radical (unpaired) electrons. The Kier molecular flexibility index (Phi) is 5.11. The first kappa shape index (κ1) is 20.3. The molecule has 1 atom stereocenters. The Morgan fingerprint density at radius 3 is 2.26 bits per heavy atom. The zero-order chi connectivity index (χ0) is 21.6. The molecule has 31 heavy (non-hydrogen) atoms. The lowest BCUT2D eigenvalue weighted by molar-refractivity contribution is -0.126. The quantitative estimate of drug-likeness (QED) is 0.780. The van der Waals surface area contributed by atoms with Gasteiger partial charge in [0.25, 0.3) is 5.56 Å². The summed E-state index contributed by atoms with van der Waals surface area (Å²) in [6.07, 6.45) is 9.20. The lowest BCUT2D eigenvalue weighted by Gasteiger charge is -2.59. The van der Waals surface area contributed by atoms with Crippen LogP contribution in [0, 0.1) is 23.2 Å². The highest BCUT2D eigenvalue weighted by Gasteiger charge is 2.53. The van der Waals surface area contributed by atoms with Crippen LogP contribution in [0.25, 0.3) is 0 Å². The average molecular weight is 422 g/mol. The van der Waals surface area contributed by atoms with Crippen molar-refractivity contribution in [3.63, 3.8) is 0 Å². The van der Waals surface area contributed by atoms with Gasteiger partial charge in [0, 0.05) is 18.3 Å². The van der Waals surface area contributed by atoms with Gasteiger partial charge in [-0.1, -0.05) is 30.3 Å². The maximum atomic E-state index is 12.9. The summed E-state index contributed by atoms with van der Waals surface area (Å²) in [7, 11) is 0. The van der Waals surface area contributed by atoms with E-state index in [2.05, 4.69) is 12.2 Å².